The Labute approximate surface area is 108 Å². The van der Waals surface area contributed by atoms with Crippen LogP contribution in [-0.2, 0) is 0 Å². The van der Waals surface area contributed by atoms with E-state index in [4.69, 9.17) is 11.6 Å². The maximum atomic E-state index is 9.46. The maximum Gasteiger partial charge on any atom is 0.0687 e. The first-order valence-electron chi connectivity index (χ1n) is 5.77. The molecule has 2 unspecified atom stereocenters. The summed E-state index contributed by atoms with van der Waals surface area (Å²) in [5.74, 6) is 0. The minimum atomic E-state index is -0.450. The van der Waals surface area contributed by atoms with Crippen molar-refractivity contribution in [1.82, 2.24) is 0 Å². The van der Waals surface area contributed by atoms with Crippen molar-refractivity contribution >= 4 is 17.3 Å². The van der Waals surface area contributed by atoms with Gasteiger partial charge in [0.1, 0.15) is 0 Å². The molecule has 17 heavy (non-hydrogen) atoms. The molecule has 0 heterocycles. The van der Waals surface area contributed by atoms with Crippen molar-refractivity contribution in [2.24, 2.45) is 0 Å². The first kappa shape index (κ1) is 14.3. The average molecular weight is 258 g/mol. The standard InChI is InChI=1S/C13H20ClNO2/c1-9-4-5-12(6-13(9)14)15(7-10(2)16)8-11(3)17/h4-6,10-11,16-17H,7-8H2,1-3H3. The van der Waals surface area contributed by atoms with Gasteiger partial charge < -0.3 is 15.1 Å². The third-order valence-corrected chi connectivity index (χ3v) is 2.90. The zero-order valence-electron chi connectivity index (χ0n) is 10.5. The van der Waals surface area contributed by atoms with Crippen molar-refractivity contribution in [3.63, 3.8) is 0 Å². The summed E-state index contributed by atoms with van der Waals surface area (Å²) in [5, 5.41) is 19.6. The van der Waals surface area contributed by atoms with Crippen LogP contribution in [0, 0.1) is 6.92 Å². The number of aliphatic hydroxyl groups is 2. The Balaban J connectivity index is 2.91. The molecule has 0 saturated carbocycles. The van der Waals surface area contributed by atoms with E-state index in [2.05, 4.69) is 0 Å². The summed E-state index contributed by atoms with van der Waals surface area (Å²) >= 11 is 6.08. The molecule has 1 aromatic carbocycles. The lowest BCUT2D eigenvalue weighted by Crippen LogP contribution is -2.36. The molecule has 2 atom stereocenters. The first-order chi connectivity index (χ1) is 7.90. The third-order valence-electron chi connectivity index (χ3n) is 2.49. The molecule has 0 aliphatic carbocycles. The van der Waals surface area contributed by atoms with Gasteiger partial charge in [-0.1, -0.05) is 17.7 Å². The fourth-order valence-electron chi connectivity index (χ4n) is 1.70. The second-order valence-electron chi connectivity index (χ2n) is 4.54. The summed E-state index contributed by atoms with van der Waals surface area (Å²) < 4.78 is 0. The number of nitrogens with zero attached hydrogens (tertiary/aromatic N) is 1. The molecular formula is C13H20ClNO2. The Kier molecular flexibility index (Phi) is 5.25. The number of hydrogen-bond donors (Lipinski definition) is 2. The van der Waals surface area contributed by atoms with Gasteiger partial charge in [0, 0.05) is 23.8 Å². The van der Waals surface area contributed by atoms with E-state index in [0.29, 0.717) is 18.1 Å². The fourth-order valence-corrected chi connectivity index (χ4v) is 1.88. The van der Waals surface area contributed by atoms with E-state index in [1.54, 1.807) is 13.8 Å². The normalized spacial score (nSPS) is 14.5. The van der Waals surface area contributed by atoms with Crippen molar-refractivity contribution < 1.29 is 10.2 Å². The number of aliphatic hydroxyl groups excluding tert-OH is 2. The Morgan fingerprint density at radius 1 is 1.18 bits per heavy atom. The summed E-state index contributed by atoms with van der Waals surface area (Å²) in [6.45, 7) is 6.35. The minimum Gasteiger partial charge on any atom is -0.392 e. The SMILES string of the molecule is Cc1ccc(N(CC(C)O)CC(C)O)cc1Cl. The summed E-state index contributed by atoms with van der Waals surface area (Å²) in [6.07, 6.45) is -0.900. The third kappa shape index (κ3) is 4.54. The molecule has 0 amide bonds. The topological polar surface area (TPSA) is 43.7 Å². The van der Waals surface area contributed by atoms with Crippen LogP contribution in [0.15, 0.2) is 18.2 Å². The molecule has 4 heteroatoms. The van der Waals surface area contributed by atoms with Gasteiger partial charge >= 0.3 is 0 Å². The van der Waals surface area contributed by atoms with Crippen LogP contribution in [0.3, 0.4) is 0 Å². The van der Waals surface area contributed by atoms with Crippen molar-refractivity contribution in [3.05, 3.63) is 28.8 Å². The van der Waals surface area contributed by atoms with Gasteiger partial charge in [0.15, 0.2) is 0 Å². The number of benzene rings is 1. The molecule has 0 radical (unpaired) electrons. The van der Waals surface area contributed by atoms with E-state index in [1.165, 1.54) is 0 Å². The zero-order valence-corrected chi connectivity index (χ0v) is 11.3. The lowest BCUT2D eigenvalue weighted by molar-refractivity contribution is 0.178. The van der Waals surface area contributed by atoms with Crippen LogP contribution in [0.4, 0.5) is 5.69 Å². The van der Waals surface area contributed by atoms with Gasteiger partial charge in [0.2, 0.25) is 0 Å². The summed E-state index contributed by atoms with van der Waals surface area (Å²) in [5.41, 5.74) is 1.94. The van der Waals surface area contributed by atoms with Crippen LogP contribution >= 0.6 is 11.6 Å². The smallest absolute Gasteiger partial charge is 0.0687 e. The maximum absolute atomic E-state index is 9.46. The number of rotatable bonds is 5. The summed E-state index contributed by atoms with van der Waals surface area (Å²) in [7, 11) is 0. The average Bonchev–Trinajstić information content (AvgIpc) is 2.19. The monoisotopic (exact) mass is 257 g/mol. The molecule has 0 saturated heterocycles. The molecule has 0 fully saturated rings. The van der Waals surface area contributed by atoms with Gasteiger partial charge in [-0.25, -0.2) is 0 Å². The number of anilines is 1. The molecule has 0 spiro atoms. The van der Waals surface area contributed by atoms with Gasteiger partial charge in [0.25, 0.3) is 0 Å². The van der Waals surface area contributed by atoms with Crippen LogP contribution in [0.5, 0.6) is 0 Å². The van der Waals surface area contributed by atoms with E-state index in [1.807, 2.05) is 30.0 Å². The van der Waals surface area contributed by atoms with Gasteiger partial charge in [-0.15, -0.1) is 0 Å². The predicted octanol–water partition coefficient (Wildman–Crippen LogP) is 2.22. The molecule has 96 valence electrons. The largest absolute Gasteiger partial charge is 0.392 e. The van der Waals surface area contributed by atoms with Crippen LogP contribution in [-0.4, -0.2) is 35.5 Å². The molecule has 2 N–H and O–H groups in total. The lowest BCUT2D eigenvalue weighted by atomic mass is 10.2. The zero-order chi connectivity index (χ0) is 13.0. The van der Waals surface area contributed by atoms with Crippen molar-refractivity contribution in [1.29, 1.82) is 0 Å². The Hall–Kier alpha value is -0.770. The van der Waals surface area contributed by atoms with E-state index in [-0.39, 0.29) is 0 Å². The van der Waals surface area contributed by atoms with Crippen molar-refractivity contribution in [3.8, 4) is 0 Å². The van der Waals surface area contributed by atoms with Crippen molar-refractivity contribution in [2.45, 2.75) is 33.0 Å². The van der Waals surface area contributed by atoms with Crippen LogP contribution in [0.2, 0.25) is 5.02 Å². The molecule has 0 aromatic heterocycles. The Morgan fingerprint density at radius 3 is 2.12 bits per heavy atom. The molecule has 0 bridgehead atoms. The van der Waals surface area contributed by atoms with Crippen LogP contribution in [0.1, 0.15) is 19.4 Å². The molecule has 0 aliphatic rings. The number of hydrogen-bond acceptors (Lipinski definition) is 3. The van der Waals surface area contributed by atoms with Gasteiger partial charge in [-0.2, -0.15) is 0 Å². The van der Waals surface area contributed by atoms with Crippen LogP contribution < -0.4 is 4.90 Å². The second-order valence-corrected chi connectivity index (χ2v) is 4.94. The van der Waals surface area contributed by atoms with Crippen molar-refractivity contribution in [2.75, 3.05) is 18.0 Å². The van der Waals surface area contributed by atoms with Gasteiger partial charge in [-0.3, -0.25) is 0 Å². The second kappa shape index (κ2) is 6.24. The summed E-state index contributed by atoms with van der Waals surface area (Å²) in [4.78, 5) is 1.93. The highest BCUT2D eigenvalue weighted by atomic mass is 35.5. The van der Waals surface area contributed by atoms with E-state index in [0.717, 1.165) is 11.3 Å². The Morgan fingerprint density at radius 2 is 1.71 bits per heavy atom. The highest BCUT2D eigenvalue weighted by Gasteiger charge is 2.12. The Bertz CT molecular complexity index is 356. The predicted molar refractivity (Wildman–Crippen MR) is 71.8 cm³/mol. The number of aryl methyl sites for hydroxylation is 1. The molecule has 1 aromatic rings. The van der Waals surface area contributed by atoms with Crippen LogP contribution in [0.25, 0.3) is 0 Å². The number of halogens is 1. The van der Waals surface area contributed by atoms with E-state index < -0.39 is 12.2 Å². The molecule has 3 nitrogen and oxygen atoms in total. The molecule has 1 rings (SSSR count). The quantitative estimate of drug-likeness (QED) is 0.850. The van der Waals surface area contributed by atoms with E-state index in [9.17, 15) is 10.2 Å². The summed E-state index contributed by atoms with van der Waals surface area (Å²) in [6, 6.07) is 5.75. The van der Waals surface area contributed by atoms with E-state index >= 15 is 0 Å². The van der Waals surface area contributed by atoms with Gasteiger partial charge in [-0.05, 0) is 38.5 Å². The van der Waals surface area contributed by atoms with Gasteiger partial charge in [0.05, 0.1) is 12.2 Å². The highest BCUT2D eigenvalue weighted by Crippen LogP contribution is 2.23. The molecular weight excluding hydrogens is 238 g/mol. The lowest BCUT2D eigenvalue weighted by Gasteiger charge is -2.27. The first-order valence-corrected chi connectivity index (χ1v) is 6.15. The fraction of sp³-hybridized carbons (Fsp3) is 0.538. The minimum absolute atomic E-state index is 0.450. The molecule has 0 aliphatic heterocycles. The highest BCUT2D eigenvalue weighted by molar-refractivity contribution is 6.31.